The Bertz CT molecular complexity index is 1360. The van der Waals surface area contributed by atoms with Gasteiger partial charge in [0.25, 0.3) is 0 Å². The lowest BCUT2D eigenvalue weighted by molar-refractivity contribution is -0.149. The number of hydrogen-bond acceptors (Lipinski definition) is 7. The molecule has 6 rings (SSSR count). The average Bonchev–Trinajstić information content (AvgIpc) is 3.40. The molecule has 1 N–H and O–H groups in total. The van der Waals surface area contributed by atoms with Gasteiger partial charge >= 0.3 is 12.0 Å². The Morgan fingerprint density at radius 2 is 1.59 bits per heavy atom. The van der Waals surface area contributed by atoms with Gasteiger partial charge in [-0.3, -0.25) is 4.79 Å². The van der Waals surface area contributed by atoms with Crippen molar-refractivity contribution in [2.45, 2.75) is 63.1 Å². The van der Waals surface area contributed by atoms with Gasteiger partial charge in [-0.2, -0.15) is 0 Å². The van der Waals surface area contributed by atoms with E-state index in [1.165, 1.54) is 12.0 Å². The SMILES string of the molecule is O=C(CC1CCC(c2ccc(-c3ccc(Nc4nnc(C5CCC5)o4)cc3)cc2)CO1)OCc1ccccc1. The third kappa shape index (κ3) is 6.37. The van der Waals surface area contributed by atoms with Crippen molar-refractivity contribution in [3.05, 3.63) is 95.9 Å². The summed E-state index contributed by atoms with van der Waals surface area (Å²) in [7, 11) is 0. The number of carbonyl (C=O) groups excluding carboxylic acids is 1. The summed E-state index contributed by atoms with van der Waals surface area (Å²) >= 11 is 0. The van der Waals surface area contributed by atoms with Gasteiger partial charge in [0.05, 0.1) is 19.1 Å². The number of esters is 1. The first-order valence-electron chi connectivity index (χ1n) is 13.8. The minimum atomic E-state index is -0.205. The molecule has 0 bridgehead atoms. The van der Waals surface area contributed by atoms with Crippen LogP contribution in [0.5, 0.6) is 0 Å². The quantitative estimate of drug-likeness (QED) is 0.233. The van der Waals surface area contributed by atoms with Crippen LogP contribution in [0.25, 0.3) is 11.1 Å². The summed E-state index contributed by atoms with van der Waals surface area (Å²) in [5.74, 6) is 1.29. The van der Waals surface area contributed by atoms with Crippen molar-refractivity contribution in [1.82, 2.24) is 10.2 Å². The highest BCUT2D eigenvalue weighted by molar-refractivity contribution is 5.70. The molecule has 2 unspecified atom stereocenters. The van der Waals surface area contributed by atoms with E-state index in [0.717, 1.165) is 54.0 Å². The summed E-state index contributed by atoms with van der Waals surface area (Å²) < 4.78 is 17.2. The predicted molar refractivity (Wildman–Crippen MR) is 149 cm³/mol. The average molecular weight is 524 g/mol. The molecule has 200 valence electrons. The summed E-state index contributed by atoms with van der Waals surface area (Å²) in [6, 6.07) is 27.1. The van der Waals surface area contributed by atoms with Crippen molar-refractivity contribution in [1.29, 1.82) is 0 Å². The second kappa shape index (κ2) is 11.8. The van der Waals surface area contributed by atoms with Gasteiger partial charge in [-0.1, -0.05) is 78.2 Å². The van der Waals surface area contributed by atoms with Gasteiger partial charge in [-0.25, -0.2) is 0 Å². The van der Waals surface area contributed by atoms with E-state index in [2.05, 4.69) is 51.9 Å². The molecule has 1 aromatic heterocycles. The number of aromatic nitrogens is 2. The first-order chi connectivity index (χ1) is 19.2. The van der Waals surface area contributed by atoms with Gasteiger partial charge < -0.3 is 19.2 Å². The summed E-state index contributed by atoms with van der Waals surface area (Å²) in [5.41, 5.74) is 5.47. The fourth-order valence-corrected chi connectivity index (χ4v) is 5.14. The van der Waals surface area contributed by atoms with Crippen LogP contribution >= 0.6 is 0 Å². The van der Waals surface area contributed by atoms with Crippen LogP contribution in [0.4, 0.5) is 11.7 Å². The predicted octanol–water partition coefficient (Wildman–Crippen LogP) is 7.14. The Balaban J connectivity index is 0.970. The van der Waals surface area contributed by atoms with Crippen molar-refractivity contribution < 1.29 is 18.7 Å². The van der Waals surface area contributed by atoms with Crippen LogP contribution in [0.3, 0.4) is 0 Å². The van der Waals surface area contributed by atoms with E-state index >= 15 is 0 Å². The van der Waals surface area contributed by atoms with Crippen molar-refractivity contribution in [3.8, 4) is 11.1 Å². The largest absolute Gasteiger partial charge is 0.461 e. The molecule has 1 saturated heterocycles. The fraction of sp³-hybridized carbons (Fsp3) is 0.344. The van der Waals surface area contributed by atoms with Gasteiger partial charge in [0.15, 0.2) is 0 Å². The molecule has 4 aromatic rings. The molecule has 7 nitrogen and oxygen atoms in total. The Labute approximate surface area is 228 Å². The van der Waals surface area contributed by atoms with Crippen LogP contribution in [0.2, 0.25) is 0 Å². The van der Waals surface area contributed by atoms with Crippen LogP contribution in [-0.2, 0) is 20.9 Å². The topological polar surface area (TPSA) is 86.5 Å². The monoisotopic (exact) mass is 523 g/mol. The molecule has 7 heteroatoms. The number of benzene rings is 3. The third-order valence-corrected chi connectivity index (χ3v) is 7.75. The smallest absolute Gasteiger partial charge is 0.320 e. The second-order valence-corrected chi connectivity index (χ2v) is 10.5. The first-order valence-corrected chi connectivity index (χ1v) is 13.8. The summed E-state index contributed by atoms with van der Waals surface area (Å²) in [6.07, 6.45) is 5.58. The molecule has 2 atom stereocenters. The summed E-state index contributed by atoms with van der Waals surface area (Å²) in [5, 5.41) is 11.5. The van der Waals surface area contributed by atoms with Crippen LogP contribution in [0, 0.1) is 0 Å². The number of hydrogen-bond donors (Lipinski definition) is 1. The molecule has 2 aliphatic rings. The number of ether oxygens (including phenoxy) is 2. The lowest BCUT2D eigenvalue weighted by Crippen LogP contribution is -2.27. The fourth-order valence-electron chi connectivity index (χ4n) is 5.14. The number of nitrogens with one attached hydrogen (secondary N) is 1. The zero-order valence-electron chi connectivity index (χ0n) is 21.9. The molecule has 0 radical (unpaired) electrons. The standard InChI is InChI=1S/C32H33N3O4/c36-30(38-20-22-5-2-1-3-6-22)19-29-18-15-27(21-37-29)25-11-9-23(10-12-25)24-13-16-28(17-14-24)33-32-35-34-31(39-32)26-7-4-8-26/h1-3,5-6,9-14,16-17,26-27,29H,4,7-8,15,18-21H2,(H,33,35). The van der Waals surface area contributed by atoms with Crippen LogP contribution < -0.4 is 5.32 Å². The molecule has 1 aliphatic carbocycles. The molecule has 0 spiro atoms. The van der Waals surface area contributed by atoms with E-state index in [1.54, 1.807) is 0 Å². The van der Waals surface area contributed by atoms with Crippen LogP contribution in [0.15, 0.2) is 83.3 Å². The highest BCUT2D eigenvalue weighted by Gasteiger charge is 2.26. The maximum Gasteiger partial charge on any atom is 0.320 e. The highest BCUT2D eigenvalue weighted by atomic mass is 16.5. The maximum absolute atomic E-state index is 12.2. The lowest BCUT2D eigenvalue weighted by atomic mass is 9.85. The lowest BCUT2D eigenvalue weighted by Gasteiger charge is -2.29. The summed E-state index contributed by atoms with van der Waals surface area (Å²) in [6.45, 7) is 0.926. The number of carbonyl (C=O) groups is 1. The van der Waals surface area contributed by atoms with Gasteiger partial charge in [0.1, 0.15) is 6.61 Å². The normalized spacial score (nSPS) is 19.3. The van der Waals surface area contributed by atoms with Crippen molar-refractivity contribution in [3.63, 3.8) is 0 Å². The molecule has 3 aromatic carbocycles. The van der Waals surface area contributed by atoms with Crippen LogP contribution in [-0.4, -0.2) is 28.9 Å². The third-order valence-electron chi connectivity index (χ3n) is 7.75. The molecule has 39 heavy (non-hydrogen) atoms. The number of nitrogens with zero attached hydrogens (tertiary/aromatic N) is 2. The van der Waals surface area contributed by atoms with Crippen molar-refractivity contribution in [2.75, 3.05) is 11.9 Å². The molecule has 2 fully saturated rings. The van der Waals surface area contributed by atoms with E-state index in [-0.39, 0.29) is 12.1 Å². The van der Waals surface area contributed by atoms with Gasteiger partial charge in [-0.15, -0.1) is 5.10 Å². The van der Waals surface area contributed by atoms with E-state index in [1.807, 2.05) is 42.5 Å². The van der Waals surface area contributed by atoms with Gasteiger partial charge in [-0.05, 0) is 60.1 Å². The van der Waals surface area contributed by atoms with Crippen molar-refractivity contribution >= 4 is 17.7 Å². The second-order valence-electron chi connectivity index (χ2n) is 10.5. The maximum atomic E-state index is 12.2. The Morgan fingerprint density at radius 3 is 2.26 bits per heavy atom. The Morgan fingerprint density at radius 1 is 0.846 bits per heavy atom. The minimum absolute atomic E-state index is 0.0760. The van der Waals surface area contributed by atoms with E-state index in [4.69, 9.17) is 13.9 Å². The first kappa shape index (κ1) is 25.3. The van der Waals surface area contributed by atoms with Gasteiger partial charge in [0.2, 0.25) is 5.89 Å². The molecule has 1 aliphatic heterocycles. The molecule has 2 heterocycles. The molecular weight excluding hydrogens is 490 g/mol. The van der Waals surface area contributed by atoms with Gasteiger partial charge in [0, 0.05) is 17.5 Å². The van der Waals surface area contributed by atoms with Crippen molar-refractivity contribution in [2.24, 2.45) is 0 Å². The zero-order chi connectivity index (χ0) is 26.4. The Hall–Kier alpha value is -3.97. The summed E-state index contributed by atoms with van der Waals surface area (Å²) in [4.78, 5) is 12.2. The minimum Gasteiger partial charge on any atom is -0.461 e. The Kier molecular flexibility index (Phi) is 7.68. The number of anilines is 2. The molecule has 1 saturated carbocycles. The highest BCUT2D eigenvalue weighted by Crippen LogP contribution is 2.36. The molecular formula is C32H33N3O4. The van der Waals surface area contributed by atoms with E-state index in [0.29, 0.717) is 37.5 Å². The number of rotatable bonds is 9. The zero-order valence-corrected chi connectivity index (χ0v) is 21.9. The molecule has 0 amide bonds. The van der Waals surface area contributed by atoms with Crippen LogP contribution in [0.1, 0.15) is 67.4 Å². The van der Waals surface area contributed by atoms with E-state index in [9.17, 15) is 4.79 Å². The van der Waals surface area contributed by atoms with E-state index < -0.39 is 0 Å².